The van der Waals surface area contributed by atoms with Gasteiger partial charge in [0.2, 0.25) is 0 Å². The van der Waals surface area contributed by atoms with Crippen LogP contribution in [0.5, 0.6) is 0 Å². The number of ether oxygens (including phenoxy) is 1. The van der Waals surface area contributed by atoms with Gasteiger partial charge in [0, 0.05) is 26.2 Å². The van der Waals surface area contributed by atoms with Gasteiger partial charge in [-0.05, 0) is 6.92 Å². The van der Waals surface area contributed by atoms with E-state index in [1.165, 1.54) is 13.3 Å². The number of rotatable bonds is 3. The normalized spacial score (nSPS) is 17.4. The predicted octanol–water partition coefficient (Wildman–Crippen LogP) is 0.297. The van der Waals surface area contributed by atoms with Gasteiger partial charge in [-0.15, -0.1) is 0 Å². The first-order chi connectivity index (χ1) is 9.65. The highest BCUT2D eigenvalue weighted by atomic mass is 16.5. The maximum absolute atomic E-state index is 11.4. The van der Waals surface area contributed by atoms with Gasteiger partial charge in [-0.3, -0.25) is 9.88 Å². The van der Waals surface area contributed by atoms with Crippen molar-refractivity contribution in [2.75, 3.05) is 38.2 Å². The quantitative estimate of drug-likeness (QED) is 0.733. The Morgan fingerprint density at radius 2 is 2.10 bits per heavy atom. The summed E-state index contributed by atoms with van der Waals surface area (Å²) >= 11 is 0. The highest BCUT2D eigenvalue weighted by Crippen LogP contribution is 2.14. The van der Waals surface area contributed by atoms with Crippen LogP contribution in [0.4, 0.5) is 5.82 Å². The van der Waals surface area contributed by atoms with E-state index >= 15 is 0 Å². The summed E-state index contributed by atoms with van der Waals surface area (Å²) in [4.78, 5) is 23.9. The zero-order valence-corrected chi connectivity index (χ0v) is 11.6. The second kappa shape index (κ2) is 6.30. The summed E-state index contributed by atoms with van der Waals surface area (Å²) in [6.45, 7) is 4.99. The maximum atomic E-state index is 11.4. The molecule has 0 radical (unpaired) electrons. The summed E-state index contributed by atoms with van der Waals surface area (Å²) in [6, 6.07) is 2.16. The van der Waals surface area contributed by atoms with E-state index in [4.69, 9.17) is 5.26 Å². The molecule has 106 valence electrons. The summed E-state index contributed by atoms with van der Waals surface area (Å²) in [5.74, 6) is 0.174. The van der Waals surface area contributed by atoms with Crippen molar-refractivity contribution >= 4 is 11.8 Å². The van der Waals surface area contributed by atoms with Crippen LogP contribution in [0.1, 0.15) is 17.4 Å². The van der Waals surface area contributed by atoms with Crippen LogP contribution in [0.3, 0.4) is 0 Å². The van der Waals surface area contributed by atoms with Crippen molar-refractivity contribution in [3.05, 3.63) is 18.1 Å². The standard InChI is InChI=1S/C13H17N5O2/c1-10(7-14)17-3-5-18(6-4-17)12-9-15-8-11(16-12)13(19)20-2/h8-10H,3-6H2,1-2H3. The minimum absolute atomic E-state index is 0.0790. The van der Waals surface area contributed by atoms with E-state index in [9.17, 15) is 4.79 Å². The third-order valence-electron chi connectivity index (χ3n) is 3.39. The average Bonchev–Trinajstić information content (AvgIpc) is 2.53. The number of hydrogen-bond donors (Lipinski definition) is 0. The van der Waals surface area contributed by atoms with Crippen LogP contribution in [-0.2, 0) is 4.74 Å². The zero-order chi connectivity index (χ0) is 14.5. The van der Waals surface area contributed by atoms with Crippen LogP contribution >= 0.6 is 0 Å². The Labute approximate surface area is 117 Å². The number of nitriles is 1. The molecule has 0 amide bonds. The van der Waals surface area contributed by atoms with Gasteiger partial charge in [0.15, 0.2) is 5.69 Å². The van der Waals surface area contributed by atoms with Crippen LogP contribution in [0.15, 0.2) is 12.4 Å². The number of carbonyl (C=O) groups excluding carboxylic acids is 1. The molecule has 0 bridgehead atoms. The fourth-order valence-electron chi connectivity index (χ4n) is 2.13. The lowest BCUT2D eigenvalue weighted by Crippen LogP contribution is -2.49. The second-order valence-corrected chi connectivity index (χ2v) is 4.58. The Kier molecular flexibility index (Phi) is 4.48. The van der Waals surface area contributed by atoms with E-state index in [0.717, 1.165) is 26.2 Å². The Morgan fingerprint density at radius 1 is 1.40 bits per heavy atom. The molecule has 1 fully saturated rings. The fourth-order valence-corrected chi connectivity index (χ4v) is 2.13. The van der Waals surface area contributed by atoms with Gasteiger partial charge in [0.1, 0.15) is 5.82 Å². The van der Waals surface area contributed by atoms with E-state index in [1.807, 2.05) is 6.92 Å². The van der Waals surface area contributed by atoms with E-state index in [-0.39, 0.29) is 11.7 Å². The Morgan fingerprint density at radius 3 is 2.70 bits per heavy atom. The van der Waals surface area contributed by atoms with Crippen molar-refractivity contribution in [3.63, 3.8) is 0 Å². The lowest BCUT2D eigenvalue weighted by Gasteiger charge is -2.36. The molecule has 0 aromatic carbocycles. The SMILES string of the molecule is COC(=O)c1cncc(N2CCN(C(C)C#N)CC2)n1. The Bertz CT molecular complexity index is 520. The molecule has 1 unspecified atom stereocenters. The van der Waals surface area contributed by atoms with Crippen molar-refractivity contribution in [1.82, 2.24) is 14.9 Å². The molecular formula is C13H17N5O2. The van der Waals surface area contributed by atoms with Crippen molar-refractivity contribution in [2.45, 2.75) is 13.0 Å². The third kappa shape index (κ3) is 3.03. The zero-order valence-electron chi connectivity index (χ0n) is 11.6. The summed E-state index contributed by atoms with van der Waals surface area (Å²) < 4.78 is 4.64. The molecule has 2 rings (SSSR count). The first-order valence-corrected chi connectivity index (χ1v) is 6.44. The van der Waals surface area contributed by atoms with E-state index in [1.54, 1.807) is 6.20 Å². The molecule has 1 aromatic heterocycles. The molecule has 1 atom stereocenters. The van der Waals surface area contributed by atoms with Crippen LogP contribution in [0.2, 0.25) is 0 Å². The first kappa shape index (κ1) is 14.2. The molecule has 0 saturated carbocycles. The Hall–Kier alpha value is -2.20. The van der Waals surface area contributed by atoms with E-state index in [2.05, 4.69) is 30.6 Å². The molecule has 1 aromatic rings. The van der Waals surface area contributed by atoms with Crippen LogP contribution < -0.4 is 4.90 Å². The van der Waals surface area contributed by atoms with E-state index < -0.39 is 5.97 Å². The smallest absolute Gasteiger partial charge is 0.358 e. The van der Waals surface area contributed by atoms with Gasteiger partial charge >= 0.3 is 5.97 Å². The summed E-state index contributed by atoms with van der Waals surface area (Å²) in [5, 5.41) is 8.92. The van der Waals surface area contributed by atoms with Gasteiger partial charge in [-0.25, -0.2) is 9.78 Å². The highest BCUT2D eigenvalue weighted by molar-refractivity contribution is 5.87. The molecule has 1 aliphatic heterocycles. The largest absolute Gasteiger partial charge is 0.464 e. The van der Waals surface area contributed by atoms with Crippen molar-refractivity contribution in [3.8, 4) is 6.07 Å². The van der Waals surface area contributed by atoms with Gasteiger partial charge in [-0.2, -0.15) is 5.26 Å². The van der Waals surface area contributed by atoms with Gasteiger partial charge in [0.05, 0.1) is 31.6 Å². The predicted molar refractivity (Wildman–Crippen MR) is 72.2 cm³/mol. The lowest BCUT2D eigenvalue weighted by molar-refractivity contribution is 0.0593. The number of aromatic nitrogens is 2. The van der Waals surface area contributed by atoms with Crippen molar-refractivity contribution in [2.24, 2.45) is 0 Å². The molecule has 20 heavy (non-hydrogen) atoms. The van der Waals surface area contributed by atoms with Crippen LogP contribution in [0.25, 0.3) is 0 Å². The number of hydrogen-bond acceptors (Lipinski definition) is 7. The maximum Gasteiger partial charge on any atom is 0.358 e. The summed E-state index contributed by atoms with van der Waals surface area (Å²) in [5.41, 5.74) is 0.206. The molecule has 7 heteroatoms. The van der Waals surface area contributed by atoms with Gasteiger partial charge in [0.25, 0.3) is 0 Å². The average molecular weight is 275 g/mol. The van der Waals surface area contributed by atoms with Crippen molar-refractivity contribution in [1.29, 1.82) is 5.26 Å². The highest BCUT2D eigenvalue weighted by Gasteiger charge is 2.22. The molecule has 1 aliphatic rings. The molecule has 0 spiro atoms. The molecule has 0 N–H and O–H groups in total. The monoisotopic (exact) mass is 275 g/mol. The third-order valence-corrected chi connectivity index (χ3v) is 3.39. The van der Waals surface area contributed by atoms with Gasteiger partial charge in [-0.1, -0.05) is 0 Å². The molecule has 2 heterocycles. The second-order valence-electron chi connectivity index (χ2n) is 4.58. The fraction of sp³-hybridized carbons (Fsp3) is 0.538. The summed E-state index contributed by atoms with van der Waals surface area (Å²) in [7, 11) is 1.32. The molecule has 0 aliphatic carbocycles. The number of methoxy groups -OCH3 is 1. The number of esters is 1. The van der Waals surface area contributed by atoms with Crippen LogP contribution in [0, 0.1) is 11.3 Å². The summed E-state index contributed by atoms with van der Waals surface area (Å²) in [6.07, 6.45) is 3.03. The number of carbonyl (C=O) groups is 1. The number of anilines is 1. The van der Waals surface area contributed by atoms with Gasteiger partial charge < -0.3 is 9.64 Å². The molecular weight excluding hydrogens is 258 g/mol. The minimum Gasteiger partial charge on any atom is -0.464 e. The Balaban J connectivity index is 2.04. The topological polar surface area (TPSA) is 82.4 Å². The van der Waals surface area contributed by atoms with E-state index in [0.29, 0.717) is 5.82 Å². The van der Waals surface area contributed by atoms with Crippen molar-refractivity contribution < 1.29 is 9.53 Å². The lowest BCUT2D eigenvalue weighted by atomic mass is 10.2. The van der Waals surface area contributed by atoms with Crippen LogP contribution in [-0.4, -0.2) is 60.2 Å². The number of piperazine rings is 1. The number of nitrogens with zero attached hydrogens (tertiary/aromatic N) is 5. The minimum atomic E-state index is -0.490. The molecule has 7 nitrogen and oxygen atoms in total. The first-order valence-electron chi connectivity index (χ1n) is 6.44. The molecule has 1 saturated heterocycles.